The zero-order valence-corrected chi connectivity index (χ0v) is 16.1. The van der Waals surface area contributed by atoms with E-state index in [1.165, 1.54) is 19.2 Å². The molecular weight excluding hydrogens is 376 g/mol. The summed E-state index contributed by atoms with van der Waals surface area (Å²) in [6.07, 6.45) is 1.65. The Bertz CT molecular complexity index is 1150. The second-order valence-corrected chi connectivity index (χ2v) is 8.46. The first-order valence-electron chi connectivity index (χ1n) is 8.97. The van der Waals surface area contributed by atoms with Gasteiger partial charge in [-0.05, 0) is 53.9 Å². The largest absolute Gasteiger partial charge is 0.495 e. The van der Waals surface area contributed by atoms with Gasteiger partial charge in [-0.1, -0.05) is 30.3 Å². The minimum Gasteiger partial charge on any atom is -0.495 e. The average Bonchev–Trinajstić information content (AvgIpc) is 3.50. The van der Waals surface area contributed by atoms with Crippen molar-refractivity contribution in [1.29, 1.82) is 0 Å². The van der Waals surface area contributed by atoms with E-state index < -0.39 is 10.0 Å². The van der Waals surface area contributed by atoms with Gasteiger partial charge >= 0.3 is 0 Å². The smallest absolute Gasteiger partial charge is 0.255 e. The first-order valence-corrected chi connectivity index (χ1v) is 10.4. The Hall–Kier alpha value is -2.90. The first-order chi connectivity index (χ1) is 13.5. The van der Waals surface area contributed by atoms with Crippen molar-refractivity contribution >= 4 is 32.4 Å². The summed E-state index contributed by atoms with van der Waals surface area (Å²) in [5.74, 6) is -0.184. The molecule has 3 aromatic carbocycles. The fourth-order valence-corrected chi connectivity index (χ4v) is 4.48. The Labute approximate surface area is 163 Å². The molecule has 28 heavy (non-hydrogen) atoms. The highest BCUT2D eigenvalue weighted by atomic mass is 32.2. The number of rotatable bonds is 6. The molecule has 0 unspecified atom stereocenters. The molecular formula is C21H20N2O4S. The minimum absolute atomic E-state index is 0.0342. The molecule has 0 saturated heterocycles. The van der Waals surface area contributed by atoms with Gasteiger partial charge in [0, 0.05) is 17.3 Å². The molecule has 144 valence electrons. The van der Waals surface area contributed by atoms with Crippen molar-refractivity contribution in [2.45, 2.75) is 23.8 Å². The molecule has 1 aliphatic rings. The van der Waals surface area contributed by atoms with Crippen LogP contribution in [0.2, 0.25) is 0 Å². The monoisotopic (exact) mass is 396 g/mol. The van der Waals surface area contributed by atoms with Crippen molar-refractivity contribution in [3.05, 3.63) is 66.2 Å². The molecule has 0 spiro atoms. The number of amides is 1. The van der Waals surface area contributed by atoms with E-state index in [1.54, 1.807) is 6.07 Å². The number of carbonyl (C=O) groups is 1. The molecule has 0 radical (unpaired) electrons. The van der Waals surface area contributed by atoms with Gasteiger partial charge in [0.15, 0.2) is 0 Å². The summed E-state index contributed by atoms with van der Waals surface area (Å²) in [6, 6.07) is 17.8. The summed E-state index contributed by atoms with van der Waals surface area (Å²) in [7, 11) is -2.35. The summed E-state index contributed by atoms with van der Waals surface area (Å²) in [4.78, 5) is 12.7. The van der Waals surface area contributed by atoms with Gasteiger partial charge in [0.1, 0.15) is 10.6 Å². The summed E-state index contributed by atoms with van der Waals surface area (Å²) < 4.78 is 33.0. The normalized spacial score (nSPS) is 14.0. The predicted octanol–water partition coefficient (Wildman–Crippen LogP) is 3.54. The highest BCUT2D eigenvalue weighted by Gasteiger charge is 2.30. The molecule has 0 heterocycles. The van der Waals surface area contributed by atoms with Crippen LogP contribution in [0.3, 0.4) is 0 Å². The van der Waals surface area contributed by atoms with Crippen LogP contribution in [0.25, 0.3) is 10.8 Å². The van der Waals surface area contributed by atoms with Gasteiger partial charge < -0.3 is 10.1 Å². The topological polar surface area (TPSA) is 84.5 Å². The molecule has 1 aliphatic carbocycles. The van der Waals surface area contributed by atoms with Gasteiger partial charge in [0.2, 0.25) is 10.0 Å². The number of fused-ring (bicyclic) bond motifs is 1. The minimum atomic E-state index is -3.75. The molecule has 3 aromatic rings. The fourth-order valence-electron chi connectivity index (χ4n) is 2.98. The molecule has 6 nitrogen and oxygen atoms in total. The quantitative estimate of drug-likeness (QED) is 0.667. The van der Waals surface area contributed by atoms with Crippen LogP contribution < -0.4 is 14.8 Å². The summed E-state index contributed by atoms with van der Waals surface area (Å²) in [5.41, 5.74) is 0.880. The van der Waals surface area contributed by atoms with Crippen molar-refractivity contribution in [2.75, 3.05) is 12.4 Å². The first kappa shape index (κ1) is 18.5. The number of hydrogen-bond donors (Lipinski definition) is 2. The van der Waals surface area contributed by atoms with E-state index in [1.807, 2.05) is 42.5 Å². The van der Waals surface area contributed by atoms with E-state index in [-0.39, 0.29) is 28.2 Å². The molecule has 0 aromatic heterocycles. The Morgan fingerprint density at radius 3 is 2.46 bits per heavy atom. The number of ether oxygens (including phenoxy) is 1. The van der Waals surface area contributed by atoms with E-state index in [2.05, 4.69) is 10.0 Å². The van der Waals surface area contributed by atoms with E-state index in [9.17, 15) is 13.2 Å². The lowest BCUT2D eigenvalue weighted by Gasteiger charge is -2.12. The molecule has 7 heteroatoms. The van der Waals surface area contributed by atoms with Gasteiger partial charge in [0.05, 0.1) is 7.11 Å². The van der Waals surface area contributed by atoms with Gasteiger partial charge in [-0.3, -0.25) is 4.79 Å². The van der Waals surface area contributed by atoms with Crippen LogP contribution in [0.4, 0.5) is 5.69 Å². The number of benzene rings is 3. The molecule has 0 atom stereocenters. The highest BCUT2D eigenvalue weighted by Crippen LogP contribution is 2.29. The van der Waals surface area contributed by atoms with E-state index in [0.717, 1.165) is 23.6 Å². The Morgan fingerprint density at radius 2 is 1.75 bits per heavy atom. The second kappa shape index (κ2) is 7.26. The lowest BCUT2D eigenvalue weighted by molar-refractivity contribution is 0.102. The Balaban J connectivity index is 1.62. The van der Waals surface area contributed by atoms with Crippen molar-refractivity contribution in [3.63, 3.8) is 0 Å². The molecule has 1 saturated carbocycles. The van der Waals surface area contributed by atoms with E-state index in [4.69, 9.17) is 4.74 Å². The number of sulfonamides is 1. The van der Waals surface area contributed by atoms with Crippen LogP contribution in [0.15, 0.2) is 65.6 Å². The SMILES string of the molecule is COc1ccc(C(=O)Nc2ccc3ccccc3c2)cc1S(=O)(=O)NC1CC1. The molecule has 1 fully saturated rings. The third-order valence-corrected chi connectivity index (χ3v) is 6.16. The standard InChI is InChI=1S/C21H20N2O4S/c1-27-19-11-7-16(13-20(19)28(25,26)23-17-9-10-17)21(24)22-18-8-6-14-4-2-3-5-15(14)12-18/h2-8,11-13,17,23H,9-10H2,1H3,(H,22,24). The molecule has 2 N–H and O–H groups in total. The zero-order valence-electron chi connectivity index (χ0n) is 15.3. The maximum atomic E-state index is 12.7. The van der Waals surface area contributed by atoms with Crippen molar-refractivity contribution < 1.29 is 17.9 Å². The summed E-state index contributed by atoms with van der Waals surface area (Å²) >= 11 is 0. The number of methoxy groups -OCH3 is 1. The number of carbonyl (C=O) groups excluding carboxylic acids is 1. The van der Waals surface area contributed by atoms with Gasteiger partial charge in [-0.2, -0.15) is 0 Å². The van der Waals surface area contributed by atoms with Crippen LogP contribution in [-0.2, 0) is 10.0 Å². The molecule has 0 aliphatic heterocycles. The highest BCUT2D eigenvalue weighted by molar-refractivity contribution is 7.89. The molecule has 1 amide bonds. The van der Waals surface area contributed by atoms with E-state index >= 15 is 0 Å². The van der Waals surface area contributed by atoms with Gasteiger partial charge in [-0.15, -0.1) is 0 Å². The third-order valence-electron chi connectivity index (χ3n) is 4.62. The second-order valence-electron chi connectivity index (χ2n) is 6.78. The van der Waals surface area contributed by atoms with Crippen molar-refractivity contribution in [3.8, 4) is 5.75 Å². The maximum absolute atomic E-state index is 12.7. The van der Waals surface area contributed by atoms with Crippen LogP contribution in [0, 0.1) is 0 Å². The van der Waals surface area contributed by atoms with Crippen LogP contribution in [-0.4, -0.2) is 27.5 Å². The van der Waals surface area contributed by atoms with E-state index in [0.29, 0.717) is 5.69 Å². The van der Waals surface area contributed by atoms with Gasteiger partial charge in [-0.25, -0.2) is 13.1 Å². The summed E-state index contributed by atoms with van der Waals surface area (Å²) in [6.45, 7) is 0. The third kappa shape index (κ3) is 3.85. The molecule has 4 rings (SSSR count). The van der Waals surface area contributed by atoms with Crippen LogP contribution >= 0.6 is 0 Å². The van der Waals surface area contributed by atoms with Crippen molar-refractivity contribution in [1.82, 2.24) is 4.72 Å². The van der Waals surface area contributed by atoms with Crippen LogP contribution in [0.1, 0.15) is 23.2 Å². The van der Waals surface area contributed by atoms with Gasteiger partial charge in [0.25, 0.3) is 5.91 Å². The maximum Gasteiger partial charge on any atom is 0.255 e. The summed E-state index contributed by atoms with van der Waals surface area (Å²) in [5, 5.41) is 4.90. The lowest BCUT2D eigenvalue weighted by Crippen LogP contribution is -2.26. The number of hydrogen-bond acceptors (Lipinski definition) is 4. The average molecular weight is 396 g/mol. The number of nitrogens with one attached hydrogen (secondary N) is 2. The van der Waals surface area contributed by atoms with Crippen LogP contribution in [0.5, 0.6) is 5.75 Å². The Kier molecular flexibility index (Phi) is 4.78. The van der Waals surface area contributed by atoms with Crippen molar-refractivity contribution in [2.24, 2.45) is 0 Å². The lowest BCUT2D eigenvalue weighted by atomic mass is 10.1. The Morgan fingerprint density at radius 1 is 1.00 bits per heavy atom. The molecule has 0 bridgehead atoms. The zero-order chi connectivity index (χ0) is 19.7. The fraction of sp³-hybridized carbons (Fsp3) is 0.190. The predicted molar refractivity (Wildman–Crippen MR) is 108 cm³/mol. The number of anilines is 1.